The van der Waals surface area contributed by atoms with E-state index in [0.29, 0.717) is 25.2 Å². The molecule has 0 bridgehead atoms. The number of piperazine rings is 1. The minimum atomic E-state index is -1.06. The minimum Gasteiger partial charge on any atom is -0.471 e. The fourth-order valence-corrected chi connectivity index (χ4v) is 3.45. The molecule has 2 aliphatic rings. The molecule has 1 unspecified atom stereocenters. The lowest BCUT2D eigenvalue weighted by atomic mass is 9.86. The first kappa shape index (κ1) is 15.1. The molecule has 1 N–H and O–H groups in total. The number of aryl methyl sites for hydroxylation is 1. The van der Waals surface area contributed by atoms with Crippen molar-refractivity contribution < 1.29 is 9.53 Å². The summed E-state index contributed by atoms with van der Waals surface area (Å²) >= 11 is 0. The monoisotopic (exact) mass is 324 g/mol. The second-order valence-corrected chi connectivity index (χ2v) is 6.17. The number of amides is 1. The van der Waals surface area contributed by atoms with Crippen LogP contribution in [0.1, 0.15) is 17.7 Å². The number of carbonyl (C=O) groups is 1. The largest absolute Gasteiger partial charge is 0.471 e. The van der Waals surface area contributed by atoms with Crippen LogP contribution in [0.15, 0.2) is 42.9 Å². The van der Waals surface area contributed by atoms with Crippen LogP contribution in [-0.2, 0) is 16.8 Å². The summed E-state index contributed by atoms with van der Waals surface area (Å²) < 4.78 is 6.32. The van der Waals surface area contributed by atoms with E-state index in [0.717, 1.165) is 30.8 Å². The summed E-state index contributed by atoms with van der Waals surface area (Å²) in [4.78, 5) is 23.6. The van der Waals surface area contributed by atoms with Crippen LogP contribution >= 0.6 is 0 Å². The number of fused-ring (bicyclic) bond motifs is 1. The number of benzene rings is 1. The van der Waals surface area contributed by atoms with Gasteiger partial charge in [0.2, 0.25) is 5.60 Å². The Bertz CT molecular complexity index is 731. The molecular weight excluding hydrogens is 304 g/mol. The van der Waals surface area contributed by atoms with Crippen molar-refractivity contribution in [2.24, 2.45) is 0 Å². The highest BCUT2D eigenvalue weighted by Crippen LogP contribution is 2.40. The summed E-state index contributed by atoms with van der Waals surface area (Å²) in [5.74, 6) is 0.767. The maximum Gasteiger partial charge on any atom is 0.273 e. The number of ether oxygens (including phenoxy) is 1. The zero-order valence-corrected chi connectivity index (χ0v) is 13.4. The van der Waals surface area contributed by atoms with Gasteiger partial charge < -0.3 is 15.0 Å². The summed E-state index contributed by atoms with van der Waals surface area (Å²) in [6.45, 7) is 3.00. The van der Waals surface area contributed by atoms with Gasteiger partial charge in [0, 0.05) is 38.8 Å². The topological polar surface area (TPSA) is 67.4 Å². The van der Waals surface area contributed by atoms with E-state index in [2.05, 4.69) is 21.4 Å². The third-order valence-corrected chi connectivity index (χ3v) is 4.75. The van der Waals surface area contributed by atoms with Crippen molar-refractivity contribution >= 4 is 5.91 Å². The smallest absolute Gasteiger partial charge is 0.273 e. The lowest BCUT2D eigenvalue weighted by molar-refractivity contribution is -0.152. The van der Waals surface area contributed by atoms with Gasteiger partial charge in [0.1, 0.15) is 12.1 Å². The predicted molar refractivity (Wildman–Crippen MR) is 88.6 cm³/mol. The maximum absolute atomic E-state index is 13.4. The van der Waals surface area contributed by atoms with Crippen LogP contribution in [-0.4, -0.2) is 47.0 Å². The third-order valence-electron chi connectivity index (χ3n) is 4.75. The van der Waals surface area contributed by atoms with Gasteiger partial charge >= 0.3 is 0 Å². The molecule has 2 aliphatic heterocycles. The van der Waals surface area contributed by atoms with Crippen molar-refractivity contribution in [2.45, 2.75) is 18.4 Å². The number of rotatable bonds is 2. The van der Waals surface area contributed by atoms with E-state index >= 15 is 0 Å². The molecule has 0 saturated carbocycles. The van der Waals surface area contributed by atoms with Crippen molar-refractivity contribution in [3.63, 3.8) is 0 Å². The van der Waals surface area contributed by atoms with Crippen molar-refractivity contribution in [1.29, 1.82) is 0 Å². The second kappa shape index (κ2) is 6.20. The van der Waals surface area contributed by atoms with Gasteiger partial charge in [-0.1, -0.05) is 18.2 Å². The molecule has 3 heterocycles. The zero-order chi connectivity index (χ0) is 16.4. The molecule has 1 saturated heterocycles. The molecule has 124 valence electrons. The van der Waals surface area contributed by atoms with Gasteiger partial charge in [-0.15, -0.1) is 0 Å². The molecule has 24 heavy (non-hydrogen) atoms. The number of aromatic nitrogens is 2. The Hall–Kier alpha value is -2.47. The molecule has 0 radical (unpaired) electrons. The van der Waals surface area contributed by atoms with Crippen LogP contribution in [0.3, 0.4) is 0 Å². The van der Waals surface area contributed by atoms with Gasteiger partial charge in [-0.2, -0.15) is 0 Å². The number of nitrogens with zero attached hydrogens (tertiary/aromatic N) is 3. The van der Waals surface area contributed by atoms with Crippen molar-refractivity contribution in [3.8, 4) is 5.75 Å². The molecule has 1 amide bonds. The third kappa shape index (κ3) is 2.53. The Morgan fingerprint density at radius 1 is 1.21 bits per heavy atom. The average Bonchev–Trinajstić information content (AvgIpc) is 2.68. The van der Waals surface area contributed by atoms with Gasteiger partial charge in [-0.05, 0) is 24.1 Å². The highest BCUT2D eigenvalue weighted by atomic mass is 16.5. The molecule has 2 aromatic rings. The Labute approximate surface area is 140 Å². The molecule has 6 nitrogen and oxygen atoms in total. The van der Waals surface area contributed by atoms with Crippen LogP contribution in [0.2, 0.25) is 0 Å². The summed E-state index contributed by atoms with van der Waals surface area (Å²) in [6, 6.07) is 9.69. The molecule has 0 spiro atoms. The van der Waals surface area contributed by atoms with Crippen LogP contribution in [0.4, 0.5) is 0 Å². The van der Waals surface area contributed by atoms with E-state index in [-0.39, 0.29) is 5.91 Å². The van der Waals surface area contributed by atoms with Crippen molar-refractivity contribution in [1.82, 2.24) is 20.2 Å². The maximum atomic E-state index is 13.4. The molecule has 4 rings (SSSR count). The van der Waals surface area contributed by atoms with E-state index in [1.165, 1.54) is 6.33 Å². The zero-order valence-electron chi connectivity index (χ0n) is 13.4. The minimum absolute atomic E-state index is 0.00259. The molecule has 6 heteroatoms. The highest BCUT2D eigenvalue weighted by Gasteiger charge is 2.48. The molecule has 1 aromatic carbocycles. The van der Waals surface area contributed by atoms with Crippen LogP contribution in [0.25, 0.3) is 0 Å². The van der Waals surface area contributed by atoms with Gasteiger partial charge in [0.15, 0.2) is 0 Å². The Morgan fingerprint density at radius 3 is 2.83 bits per heavy atom. The number of hydrogen-bond donors (Lipinski definition) is 1. The highest BCUT2D eigenvalue weighted by molar-refractivity contribution is 5.87. The molecule has 1 atom stereocenters. The molecule has 1 fully saturated rings. The Balaban J connectivity index is 1.75. The molecule has 0 aliphatic carbocycles. The normalized spacial score (nSPS) is 23.2. The fourth-order valence-electron chi connectivity index (χ4n) is 3.45. The van der Waals surface area contributed by atoms with Crippen LogP contribution < -0.4 is 10.1 Å². The summed E-state index contributed by atoms with van der Waals surface area (Å²) in [5.41, 5.74) is 0.708. The van der Waals surface area contributed by atoms with E-state index in [9.17, 15) is 4.79 Å². The summed E-state index contributed by atoms with van der Waals surface area (Å²) in [5, 5.41) is 3.28. The summed E-state index contributed by atoms with van der Waals surface area (Å²) in [7, 11) is 0. The first-order valence-corrected chi connectivity index (χ1v) is 8.33. The van der Waals surface area contributed by atoms with Crippen molar-refractivity contribution in [2.75, 3.05) is 26.2 Å². The van der Waals surface area contributed by atoms with E-state index in [1.807, 2.05) is 23.1 Å². The van der Waals surface area contributed by atoms with E-state index in [4.69, 9.17) is 4.74 Å². The SMILES string of the molecule is O=C(N1CCNCC1)C1(c2ccncn2)CCc2ccccc2O1. The first-order valence-electron chi connectivity index (χ1n) is 8.33. The predicted octanol–water partition coefficient (Wildman–Crippen LogP) is 1.13. The first-order chi connectivity index (χ1) is 11.8. The lowest BCUT2D eigenvalue weighted by Crippen LogP contribution is -2.57. The van der Waals surface area contributed by atoms with Crippen molar-refractivity contribution in [3.05, 3.63) is 54.1 Å². The number of carbonyl (C=O) groups excluding carboxylic acids is 1. The average molecular weight is 324 g/mol. The fraction of sp³-hybridized carbons (Fsp3) is 0.389. The standard InChI is InChI=1S/C18H20N4O2/c23-17(22-11-9-19-10-12-22)18(16-6-8-20-13-21-16)7-5-14-3-1-2-4-15(14)24-18/h1-4,6,8,13,19H,5,7,9-12H2. The Morgan fingerprint density at radius 2 is 2.04 bits per heavy atom. The Kier molecular flexibility index (Phi) is 3.90. The molecular formula is C18H20N4O2. The van der Waals surface area contributed by atoms with Gasteiger partial charge in [0.05, 0.1) is 5.69 Å². The number of hydrogen-bond acceptors (Lipinski definition) is 5. The molecule has 1 aromatic heterocycles. The summed E-state index contributed by atoms with van der Waals surface area (Å²) in [6.07, 6.45) is 4.52. The van der Waals surface area contributed by atoms with E-state index < -0.39 is 5.60 Å². The van der Waals surface area contributed by atoms with Gasteiger partial charge in [0.25, 0.3) is 5.91 Å². The quantitative estimate of drug-likeness (QED) is 0.897. The van der Waals surface area contributed by atoms with Crippen LogP contribution in [0, 0.1) is 0 Å². The van der Waals surface area contributed by atoms with Gasteiger partial charge in [-0.3, -0.25) is 4.79 Å². The number of para-hydroxylation sites is 1. The number of nitrogens with one attached hydrogen (secondary N) is 1. The van der Waals surface area contributed by atoms with Crippen LogP contribution in [0.5, 0.6) is 5.75 Å². The lowest BCUT2D eigenvalue weighted by Gasteiger charge is -2.41. The second-order valence-electron chi connectivity index (χ2n) is 6.17. The van der Waals surface area contributed by atoms with E-state index in [1.54, 1.807) is 12.3 Å². The van der Waals surface area contributed by atoms with Gasteiger partial charge in [-0.25, -0.2) is 9.97 Å².